The number of carbonyl (C=O) groups excluding carboxylic acids is 1. The lowest BCUT2D eigenvalue weighted by atomic mass is 9.94. The number of nitrogens with zero attached hydrogens (tertiary/aromatic N) is 2. The zero-order valence-electron chi connectivity index (χ0n) is 13.3. The second-order valence-electron chi connectivity index (χ2n) is 6.09. The number of hydrogen-bond donors (Lipinski definition) is 2. The van der Waals surface area contributed by atoms with Crippen LogP contribution < -0.4 is 5.32 Å². The number of carbonyl (C=O) groups is 2. The summed E-state index contributed by atoms with van der Waals surface area (Å²) in [5.74, 6) is -1.09. The maximum atomic E-state index is 11.8. The second-order valence-corrected chi connectivity index (χ2v) is 6.09. The average Bonchev–Trinajstić information content (AvgIpc) is 3.01. The van der Waals surface area contributed by atoms with Crippen molar-refractivity contribution in [3.8, 4) is 5.69 Å². The SMILES string of the molecule is CC(C)(CNC(=O)CCc1cnn(-c2ccccc2)c1)C(=O)O. The van der Waals surface area contributed by atoms with Gasteiger partial charge in [0.25, 0.3) is 0 Å². The van der Waals surface area contributed by atoms with E-state index >= 15 is 0 Å². The van der Waals surface area contributed by atoms with Crippen LogP contribution in [0, 0.1) is 5.41 Å². The highest BCUT2D eigenvalue weighted by Crippen LogP contribution is 2.13. The smallest absolute Gasteiger partial charge is 0.310 e. The van der Waals surface area contributed by atoms with Crippen molar-refractivity contribution in [2.45, 2.75) is 26.7 Å². The summed E-state index contributed by atoms with van der Waals surface area (Å²) in [5.41, 5.74) is 0.960. The highest BCUT2D eigenvalue weighted by molar-refractivity contribution is 5.78. The third-order valence-electron chi connectivity index (χ3n) is 3.60. The minimum absolute atomic E-state index is 0.116. The molecule has 122 valence electrons. The molecule has 0 bridgehead atoms. The zero-order chi connectivity index (χ0) is 16.9. The van der Waals surface area contributed by atoms with Crippen molar-refractivity contribution in [1.29, 1.82) is 0 Å². The molecule has 0 aliphatic heterocycles. The minimum atomic E-state index is -0.964. The van der Waals surface area contributed by atoms with Gasteiger partial charge in [0.15, 0.2) is 0 Å². The first-order chi connectivity index (χ1) is 10.9. The highest BCUT2D eigenvalue weighted by Gasteiger charge is 2.27. The monoisotopic (exact) mass is 315 g/mol. The molecular formula is C17H21N3O3. The highest BCUT2D eigenvalue weighted by atomic mass is 16.4. The van der Waals surface area contributed by atoms with Crippen molar-refractivity contribution in [2.75, 3.05) is 6.54 Å². The van der Waals surface area contributed by atoms with Crippen molar-refractivity contribution in [1.82, 2.24) is 15.1 Å². The topological polar surface area (TPSA) is 84.2 Å². The third kappa shape index (κ3) is 4.67. The normalized spacial score (nSPS) is 11.2. The molecule has 0 aliphatic rings. The number of para-hydroxylation sites is 1. The molecule has 0 saturated carbocycles. The lowest BCUT2D eigenvalue weighted by molar-refractivity contribution is -0.146. The Hall–Kier alpha value is -2.63. The number of nitrogens with one attached hydrogen (secondary N) is 1. The van der Waals surface area contributed by atoms with Crippen LogP contribution in [0.4, 0.5) is 0 Å². The van der Waals surface area contributed by atoms with Crippen LogP contribution in [0.3, 0.4) is 0 Å². The van der Waals surface area contributed by atoms with E-state index in [1.54, 1.807) is 24.7 Å². The van der Waals surface area contributed by atoms with Gasteiger partial charge in [-0.2, -0.15) is 5.10 Å². The molecule has 23 heavy (non-hydrogen) atoms. The predicted molar refractivity (Wildman–Crippen MR) is 86.3 cm³/mol. The maximum absolute atomic E-state index is 11.8. The Morgan fingerprint density at radius 2 is 1.96 bits per heavy atom. The maximum Gasteiger partial charge on any atom is 0.310 e. The van der Waals surface area contributed by atoms with Crippen LogP contribution in [0.5, 0.6) is 0 Å². The number of aromatic nitrogens is 2. The van der Waals surface area contributed by atoms with E-state index in [4.69, 9.17) is 5.11 Å². The number of carboxylic acid groups (broad SMARTS) is 1. The van der Waals surface area contributed by atoms with Crippen molar-refractivity contribution < 1.29 is 14.7 Å². The average molecular weight is 315 g/mol. The zero-order valence-corrected chi connectivity index (χ0v) is 13.3. The van der Waals surface area contributed by atoms with Crippen molar-refractivity contribution >= 4 is 11.9 Å². The van der Waals surface area contributed by atoms with Gasteiger partial charge in [-0.1, -0.05) is 18.2 Å². The number of amides is 1. The van der Waals surface area contributed by atoms with Gasteiger partial charge in [0.1, 0.15) is 0 Å². The first-order valence-corrected chi connectivity index (χ1v) is 7.47. The Morgan fingerprint density at radius 1 is 1.26 bits per heavy atom. The summed E-state index contributed by atoms with van der Waals surface area (Å²) in [4.78, 5) is 22.8. The molecule has 1 aromatic carbocycles. The molecule has 0 saturated heterocycles. The van der Waals surface area contributed by atoms with E-state index in [0.717, 1.165) is 11.3 Å². The van der Waals surface area contributed by atoms with Crippen molar-refractivity contribution in [3.05, 3.63) is 48.3 Å². The molecule has 0 fully saturated rings. The van der Waals surface area contributed by atoms with E-state index < -0.39 is 11.4 Å². The first kappa shape index (κ1) is 16.7. The molecule has 1 amide bonds. The third-order valence-corrected chi connectivity index (χ3v) is 3.60. The van der Waals surface area contributed by atoms with Crippen LogP contribution in [0.15, 0.2) is 42.7 Å². The second kappa shape index (κ2) is 7.09. The summed E-state index contributed by atoms with van der Waals surface area (Å²) < 4.78 is 1.76. The van der Waals surface area contributed by atoms with E-state index in [-0.39, 0.29) is 12.5 Å². The Kier molecular flexibility index (Phi) is 5.16. The summed E-state index contributed by atoms with van der Waals surface area (Å²) >= 11 is 0. The fourth-order valence-corrected chi connectivity index (χ4v) is 1.95. The summed E-state index contributed by atoms with van der Waals surface area (Å²) in [5, 5.41) is 16.0. The molecule has 6 nitrogen and oxygen atoms in total. The summed E-state index contributed by atoms with van der Waals surface area (Å²) in [6, 6.07) is 9.73. The van der Waals surface area contributed by atoms with Gasteiger partial charge in [0.05, 0.1) is 17.3 Å². The Bertz CT molecular complexity index is 677. The Morgan fingerprint density at radius 3 is 2.61 bits per heavy atom. The van der Waals surface area contributed by atoms with Crippen molar-refractivity contribution in [2.24, 2.45) is 5.41 Å². The fraction of sp³-hybridized carbons (Fsp3) is 0.353. The molecule has 0 unspecified atom stereocenters. The van der Waals surface area contributed by atoms with Crippen LogP contribution >= 0.6 is 0 Å². The molecule has 2 aromatic rings. The molecule has 6 heteroatoms. The molecular weight excluding hydrogens is 294 g/mol. The van der Waals surface area contributed by atoms with Crippen LogP contribution in [0.2, 0.25) is 0 Å². The van der Waals surface area contributed by atoms with E-state index in [2.05, 4.69) is 10.4 Å². The Balaban J connectivity index is 1.84. The molecule has 0 atom stereocenters. The number of hydrogen-bond acceptors (Lipinski definition) is 3. The first-order valence-electron chi connectivity index (χ1n) is 7.47. The van der Waals surface area contributed by atoms with Crippen LogP contribution in [0.25, 0.3) is 5.69 Å². The van der Waals surface area contributed by atoms with Gasteiger partial charge in [-0.3, -0.25) is 9.59 Å². The quantitative estimate of drug-likeness (QED) is 0.819. The standard InChI is InChI=1S/C17H21N3O3/c1-17(2,16(22)23)12-18-15(21)9-8-13-10-19-20(11-13)14-6-4-3-5-7-14/h3-7,10-11H,8-9,12H2,1-2H3,(H,18,21)(H,22,23). The number of carboxylic acids is 1. The molecule has 1 aromatic heterocycles. The van der Waals surface area contributed by atoms with E-state index in [9.17, 15) is 9.59 Å². The van der Waals surface area contributed by atoms with Gasteiger partial charge in [0.2, 0.25) is 5.91 Å². The van der Waals surface area contributed by atoms with Crippen molar-refractivity contribution in [3.63, 3.8) is 0 Å². The van der Waals surface area contributed by atoms with Crippen LogP contribution in [-0.4, -0.2) is 33.3 Å². The number of rotatable bonds is 7. The van der Waals surface area contributed by atoms with Gasteiger partial charge in [-0.25, -0.2) is 4.68 Å². The van der Waals surface area contributed by atoms with Gasteiger partial charge in [0, 0.05) is 19.2 Å². The molecule has 0 aliphatic carbocycles. The van der Waals surface area contributed by atoms with E-state index in [1.807, 2.05) is 36.5 Å². The Labute approximate surface area is 135 Å². The predicted octanol–water partition coefficient (Wildman–Crippen LogP) is 2.03. The van der Waals surface area contributed by atoms with Crippen LogP contribution in [-0.2, 0) is 16.0 Å². The lowest BCUT2D eigenvalue weighted by Gasteiger charge is -2.19. The molecule has 0 spiro atoms. The molecule has 2 rings (SSSR count). The molecule has 2 N–H and O–H groups in total. The van der Waals surface area contributed by atoms with Gasteiger partial charge in [-0.05, 0) is 38.0 Å². The largest absolute Gasteiger partial charge is 0.481 e. The molecule has 0 radical (unpaired) electrons. The summed E-state index contributed by atoms with van der Waals surface area (Å²) in [6.45, 7) is 3.28. The van der Waals surface area contributed by atoms with Gasteiger partial charge < -0.3 is 10.4 Å². The van der Waals surface area contributed by atoms with Crippen LogP contribution in [0.1, 0.15) is 25.8 Å². The van der Waals surface area contributed by atoms with E-state index in [1.165, 1.54) is 0 Å². The number of benzene rings is 1. The van der Waals surface area contributed by atoms with Gasteiger partial charge >= 0.3 is 5.97 Å². The minimum Gasteiger partial charge on any atom is -0.481 e. The number of aliphatic carboxylic acids is 1. The lowest BCUT2D eigenvalue weighted by Crippen LogP contribution is -2.38. The number of aryl methyl sites for hydroxylation is 1. The van der Waals surface area contributed by atoms with Gasteiger partial charge in [-0.15, -0.1) is 0 Å². The summed E-state index contributed by atoms with van der Waals surface area (Å²) in [7, 11) is 0. The summed E-state index contributed by atoms with van der Waals surface area (Å²) in [6.07, 6.45) is 4.49. The molecule has 1 heterocycles. The van der Waals surface area contributed by atoms with E-state index in [0.29, 0.717) is 12.8 Å². The fourth-order valence-electron chi connectivity index (χ4n) is 1.95.